The van der Waals surface area contributed by atoms with Gasteiger partial charge in [0.05, 0.1) is 34.1 Å². The molecule has 34 heavy (non-hydrogen) atoms. The molecule has 174 valence electrons. The van der Waals surface area contributed by atoms with E-state index < -0.39 is 11.9 Å². The van der Waals surface area contributed by atoms with Crippen LogP contribution in [0.3, 0.4) is 0 Å². The zero-order chi connectivity index (χ0) is 24.4. The number of benzene rings is 1. The second-order valence-corrected chi connectivity index (χ2v) is 8.12. The number of aryl methyl sites for hydroxylation is 3. The van der Waals surface area contributed by atoms with Crippen LogP contribution in [-0.2, 0) is 16.1 Å². The summed E-state index contributed by atoms with van der Waals surface area (Å²) in [6.45, 7) is 7.26. The van der Waals surface area contributed by atoms with Gasteiger partial charge in [0.15, 0.2) is 11.5 Å². The van der Waals surface area contributed by atoms with Gasteiger partial charge in [0.25, 0.3) is 0 Å². The second kappa shape index (κ2) is 9.61. The van der Waals surface area contributed by atoms with Crippen LogP contribution in [0, 0.1) is 20.8 Å². The van der Waals surface area contributed by atoms with Gasteiger partial charge in [0, 0.05) is 11.1 Å². The predicted octanol–water partition coefficient (Wildman–Crippen LogP) is 4.93. The Bertz CT molecular complexity index is 1410. The molecule has 1 aromatic carbocycles. The van der Waals surface area contributed by atoms with Crippen LogP contribution in [0.15, 0.2) is 42.5 Å². The first kappa shape index (κ1) is 23.4. The molecule has 0 atom stereocenters. The topological polar surface area (TPSA) is 96.2 Å². The molecule has 0 bridgehead atoms. The van der Waals surface area contributed by atoms with Crippen molar-refractivity contribution >= 4 is 34.4 Å². The number of rotatable bonds is 6. The van der Waals surface area contributed by atoms with E-state index >= 15 is 0 Å². The molecular formula is C25H23ClN4O4. The van der Waals surface area contributed by atoms with E-state index in [1.54, 1.807) is 23.7 Å². The first-order chi connectivity index (χ1) is 16.3. The molecular weight excluding hydrogens is 456 g/mol. The summed E-state index contributed by atoms with van der Waals surface area (Å²) in [5, 5.41) is 5.35. The van der Waals surface area contributed by atoms with Crippen molar-refractivity contribution in [2.75, 3.05) is 6.61 Å². The van der Waals surface area contributed by atoms with Crippen molar-refractivity contribution < 1.29 is 19.1 Å². The number of ether oxygens (including phenoxy) is 2. The number of aromatic nitrogens is 4. The maximum atomic E-state index is 12.9. The number of halogens is 1. The van der Waals surface area contributed by atoms with Crippen LogP contribution < -0.4 is 0 Å². The van der Waals surface area contributed by atoms with Gasteiger partial charge in [0.2, 0.25) is 0 Å². The molecule has 3 aromatic heterocycles. The molecule has 0 spiro atoms. The van der Waals surface area contributed by atoms with Gasteiger partial charge in [-0.15, -0.1) is 0 Å². The lowest BCUT2D eigenvalue weighted by Gasteiger charge is -2.14. The summed E-state index contributed by atoms with van der Waals surface area (Å²) in [5.74, 6) is -0.823. The van der Waals surface area contributed by atoms with Gasteiger partial charge >= 0.3 is 11.9 Å². The van der Waals surface area contributed by atoms with E-state index in [4.69, 9.17) is 21.1 Å². The number of pyridine rings is 2. The molecule has 9 heteroatoms. The SMILES string of the molecule is CCOC(=O)c1c(COC(=O)c2nc(-n3nc(C)cc3C)ccc2Cl)nc2ccccc2c1C. The Hall–Kier alpha value is -3.78. The molecule has 3 heterocycles. The molecule has 4 aromatic rings. The predicted molar refractivity (Wildman–Crippen MR) is 127 cm³/mol. The Labute approximate surface area is 201 Å². The smallest absolute Gasteiger partial charge is 0.358 e. The molecule has 0 aliphatic heterocycles. The summed E-state index contributed by atoms with van der Waals surface area (Å²) in [7, 11) is 0. The van der Waals surface area contributed by atoms with Gasteiger partial charge in [-0.1, -0.05) is 29.8 Å². The highest BCUT2D eigenvalue weighted by molar-refractivity contribution is 6.33. The molecule has 8 nitrogen and oxygen atoms in total. The first-order valence-corrected chi connectivity index (χ1v) is 11.1. The van der Waals surface area contributed by atoms with Crippen molar-refractivity contribution in [2.24, 2.45) is 0 Å². The van der Waals surface area contributed by atoms with E-state index in [1.165, 1.54) is 0 Å². The summed E-state index contributed by atoms with van der Waals surface area (Å²) in [5.41, 5.74) is 3.60. The summed E-state index contributed by atoms with van der Waals surface area (Å²) in [6, 6.07) is 12.6. The average Bonchev–Trinajstić information content (AvgIpc) is 3.15. The van der Waals surface area contributed by atoms with Crippen LogP contribution in [0.2, 0.25) is 5.02 Å². The standard InChI is InChI=1S/C25H23ClN4O4/c1-5-33-24(31)22-16(4)17-8-6-7-9-19(17)27-20(22)13-34-25(32)23-18(26)10-11-21(28-23)30-15(3)12-14(2)29-30/h6-12H,5,13H2,1-4H3. The van der Waals surface area contributed by atoms with Crippen molar-refractivity contribution in [2.45, 2.75) is 34.3 Å². The van der Waals surface area contributed by atoms with Crippen LogP contribution in [0.25, 0.3) is 16.7 Å². The van der Waals surface area contributed by atoms with Gasteiger partial charge in [-0.25, -0.2) is 24.2 Å². The highest BCUT2D eigenvalue weighted by atomic mass is 35.5. The first-order valence-electron chi connectivity index (χ1n) is 10.7. The van der Waals surface area contributed by atoms with E-state index in [-0.39, 0.29) is 29.5 Å². The number of carbonyl (C=O) groups excluding carboxylic acids is 2. The lowest BCUT2D eigenvalue weighted by atomic mass is 10.0. The van der Waals surface area contributed by atoms with Gasteiger partial charge in [0.1, 0.15) is 6.61 Å². The highest BCUT2D eigenvalue weighted by Gasteiger charge is 2.23. The maximum Gasteiger partial charge on any atom is 0.358 e. The molecule has 0 aliphatic carbocycles. The molecule has 4 rings (SSSR count). The average molecular weight is 479 g/mol. The Morgan fingerprint density at radius 3 is 2.47 bits per heavy atom. The molecule has 0 radical (unpaired) electrons. The van der Waals surface area contributed by atoms with E-state index in [0.717, 1.165) is 16.8 Å². The number of esters is 2. The molecule has 0 unspecified atom stereocenters. The van der Waals surface area contributed by atoms with E-state index in [0.29, 0.717) is 22.6 Å². The van der Waals surface area contributed by atoms with E-state index in [9.17, 15) is 9.59 Å². The number of carbonyl (C=O) groups is 2. The maximum absolute atomic E-state index is 12.9. The highest BCUT2D eigenvalue weighted by Crippen LogP contribution is 2.25. The normalized spacial score (nSPS) is 11.0. The third kappa shape index (κ3) is 4.49. The Morgan fingerprint density at radius 2 is 1.76 bits per heavy atom. The zero-order valence-corrected chi connectivity index (χ0v) is 20.0. The van der Waals surface area contributed by atoms with Gasteiger partial charge in [-0.05, 0) is 57.5 Å². The summed E-state index contributed by atoms with van der Waals surface area (Å²) < 4.78 is 12.4. The van der Waals surface area contributed by atoms with Gasteiger partial charge in [-0.2, -0.15) is 5.10 Å². The van der Waals surface area contributed by atoms with Gasteiger partial charge < -0.3 is 9.47 Å². The third-order valence-electron chi connectivity index (χ3n) is 5.30. The quantitative estimate of drug-likeness (QED) is 0.362. The van der Waals surface area contributed by atoms with E-state index in [2.05, 4.69) is 15.1 Å². The minimum absolute atomic E-state index is 0.0538. The van der Waals surface area contributed by atoms with Crippen molar-refractivity contribution in [1.29, 1.82) is 0 Å². The third-order valence-corrected chi connectivity index (χ3v) is 5.60. The fourth-order valence-electron chi connectivity index (χ4n) is 3.78. The lowest BCUT2D eigenvalue weighted by Crippen LogP contribution is -2.16. The molecule has 0 N–H and O–H groups in total. The second-order valence-electron chi connectivity index (χ2n) is 7.71. The van der Waals surface area contributed by atoms with Crippen LogP contribution in [0.1, 0.15) is 50.4 Å². The van der Waals surface area contributed by atoms with E-state index in [1.807, 2.05) is 51.1 Å². The summed E-state index contributed by atoms with van der Waals surface area (Å²) in [6.07, 6.45) is 0. The minimum Gasteiger partial charge on any atom is -0.462 e. The molecule has 0 amide bonds. The van der Waals surface area contributed by atoms with Crippen molar-refractivity contribution in [3.63, 3.8) is 0 Å². The molecule has 0 aliphatic rings. The lowest BCUT2D eigenvalue weighted by molar-refractivity contribution is 0.0439. The number of para-hydroxylation sites is 1. The Balaban J connectivity index is 1.66. The van der Waals surface area contributed by atoms with Crippen molar-refractivity contribution in [1.82, 2.24) is 19.7 Å². The van der Waals surface area contributed by atoms with Gasteiger partial charge in [-0.3, -0.25) is 0 Å². The molecule has 0 saturated carbocycles. The zero-order valence-electron chi connectivity index (χ0n) is 19.3. The van der Waals surface area contributed by atoms with Crippen LogP contribution in [0.4, 0.5) is 0 Å². The van der Waals surface area contributed by atoms with Crippen LogP contribution >= 0.6 is 11.6 Å². The Kier molecular flexibility index (Phi) is 6.61. The Morgan fingerprint density at radius 1 is 1.00 bits per heavy atom. The van der Waals surface area contributed by atoms with Crippen LogP contribution in [-0.4, -0.2) is 38.3 Å². The fourth-order valence-corrected chi connectivity index (χ4v) is 3.96. The molecule has 0 saturated heterocycles. The van der Waals surface area contributed by atoms with Crippen LogP contribution in [0.5, 0.6) is 0 Å². The summed E-state index contributed by atoms with van der Waals surface area (Å²) in [4.78, 5) is 34.5. The monoisotopic (exact) mass is 478 g/mol. The van der Waals surface area contributed by atoms with Crippen molar-refractivity contribution in [3.05, 3.63) is 81.4 Å². The fraction of sp³-hybridized carbons (Fsp3) is 0.240. The minimum atomic E-state index is -0.740. The number of hydrogen-bond donors (Lipinski definition) is 0. The largest absolute Gasteiger partial charge is 0.462 e. The van der Waals surface area contributed by atoms with Crippen molar-refractivity contribution in [3.8, 4) is 5.82 Å². The summed E-state index contributed by atoms with van der Waals surface area (Å²) >= 11 is 6.25. The molecule has 0 fully saturated rings. The number of fused-ring (bicyclic) bond motifs is 1. The number of hydrogen-bond acceptors (Lipinski definition) is 7. The number of nitrogens with zero attached hydrogens (tertiary/aromatic N) is 4.